The van der Waals surface area contributed by atoms with Crippen LogP contribution in [0.4, 0.5) is 5.69 Å². The molecule has 140 valence electrons. The van der Waals surface area contributed by atoms with Crippen molar-refractivity contribution >= 4 is 22.7 Å². The first kappa shape index (κ1) is 16.6. The van der Waals surface area contributed by atoms with E-state index < -0.39 is 0 Å². The van der Waals surface area contributed by atoms with Crippen molar-refractivity contribution in [3.8, 4) is 11.4 Å². The van der Waals surface area contributed by atoms with Crippen LogP contribution in [0.3, 0.4) is 0 Å². The number of oxazole rings is 1. The molecule has 0 atom stereocenters. The molecule has 0 aliphatic heterocycles. The Morgan fingerprint density at radius 1 is 1.21 bits per heavy atom. The van der Waals surface area contributed by atoms with Gasteiger partial charge in [-0.1, -0.05) is 5.16 Å². The maximum Gasteiger partial charge on any atom is 0.227 e. The highest BCUT2D eigenvalue weighted by Gasteiger charge is 2.28. The number of aryl methyl sites for hydroxylation is 1. The number of benzene rings is 1. The number of amides is 1. The van der Waals surface area contributed by atoms with Crippen molar-refractivity contribution in [3.05, 3.63) is 54.5 Å². The SMILES string of the molecule is O=C(CCc1nc(-c2cccnc2)no1)Nc1ccc2oc(C3CC3)nc2c1. The number of aromatic nitrogens is 4. The van der Waals surface area contributed by atoms with Gasteiger partial charge in [-0.05, 0) is 43.2 Å². The fourth-order valence-electron chi connectivity index (χ4n) is 2.94. The van der Waals surface area contributed by atoms with Crippen molar-refractivity contribution in [1.29, 1.82) is 0 Å². The standard InChI is InChI=1S/C20H17N5O3/c26-17(7-8-18-24-19(25-28-18)13-2-1-9-21-11-13)22-14-5-6-16-15(10-14)23-20(27-16)12-3-4-12/h1-2,5-6,9-12H,3-4,7-8H2,(H,22,26). The van der Waals surface area contributed by atoms with Crippen LogP contribution in [0.2, 0.25) is 0 Å². The Morgan fingerprint density at radius 3 is 2.96 bits per heavy atom. The minimum atomic E-state index is -0.133. The molecule has 1 aliphatic rings. The van der Waals surface area contributed by atoms with E-state index in [2.05, 4.69) is 25.4 Å². The van der Waals surface area contributed by atoms with Crippen LogP contribution in [0.5, 0.6) is 0 Å². The van der Waals surface area contributed by atoms with Crippen LogP contribution in [0.15, 0.2) is 51.7 Å². The highest BCUT2D eigenvalue weighted by Crippen LogP contribution is 2.40. The molecule has 5 rings (SSSR count). The lowest BCUT2D eigenvalue weighted by Crippen LogP contribution is -2.12. The highest BCUT2D eigenvalue weighted by atomic mass is 16.5. The number of fused-ring (bicyclic) bond motifs is 1. The van der Waals surface area contributed by atoms with Gasteiger partial charge in [0.05, 0.1) is 0 Å². The molecular formula is C20H17N5O3. The van der Waals surface area contributed by atoms with E-state index in [0.29, 0.717) is 29.7 Å². The van der Waals surface area contributed by atoms with E-state index >= 15 is 0 Å². The molecule has 8 nitrogen and oxygen atoms in total. The van der Waals surface area contributed by atoms with Crippen molar-refractivity contribution in [2.45, 2.75) is 31.6 Å². The summed E-state index contributed by atoms with van der Waals surface area (Å²) >= 11 is 0. The molecule has 0 bridgehead atoms. The van der Waals surface area contributed by atoms with Crippen LogP contribution in [0, 0.1) is 0 Å². The molecular weight excluding hydrogens is 358 g/mol. The van der Waals surface area contributed by atoms with E-state index in [-0.39, 0.29) is 12.3 Å². The Balaban J connectivity index is 1.20. The number of carbonyl (C=O) groups is 1. The van der Waals surface area contributed by atoms with Crippen LogP contribution < -0.4 is 5.32 Å². The predicted molar refractivity (Wildman–Crippen MR) is 100 cm³/mol. The fourth-order valence-corrected chi connectivity index (χ4v) is 2.94. The van der Waals surface area contributed by atoms with Crippen molar-refractivity contribution in [2.24, 2.45) is 0 Å². The summed E-state index contributed by atoms with van der Waals surface area (Å²) < 4.78 is 11.0. The van der Waals surface area contributed by atoms with Crippen LogP contribution in [0.1, 0.15) is 37.0 Å². The van der Waals surface area contributed by atoms with Crippen LogP contribution in [-0.4, -0.2) is 26.0 Å². The van der Waals surface area contributed by atoms with Gasteiger partial charge < -0.3 is 14.3 Å². The Hall–Kier alpha value is -3.55. The average molecular weight is 375 g/mol. The molecule has 28 heavy (non-hydrogen) atoms. The molecule has 0 unspecified atom stereocenters. The van der Waals surface area contributed by atoms with Gasteiger partial charge in [0.2, 0.25) is 17.6 Å². The van der Waals surface area contributed by atoms with Gasteiger partial charge in [-0.3, -0.25) is 9.78 Å². The zero-order valence-electron chi connectivity index (χ0n) is 15.0. The molecule has 0 radical (unpaired) electrons. The molecule has 3 heterocycles. The van der Waals surface area contributed by atoms with Gasteiger partial charge in [0.1, 0.15) is 5.52 Å². The molecule has 1 N–H and O–H groups in total. The van der Waals surface area contributed by atoms with Crippen LogP contribution in [-0.2, 0) is 11.2 Å². The first-order valence-electron chi connectivity index (χ1n) is 9.18. The van der Waals surface area contributed by atoms with E-state index in [1.54, 1.807) is 18.5 Å². The molecule has 1 aromatic carbocycles. The van der Waals surface area contributed by atoms with Gasteiger partial charge in [0.25, 0.3) is 0 Å². The number of hydrogen-bond donors (Lipinski definition) is 1. The van der Waals surface area contributed by atoms with Gasteiger partial charge >= 0.3 is 0 Å². The molecule has 1 saturated carbocycles. The summed E-state index contributed by atoms with van der Waals surface area (Å²) in [6.07, 6.45) is 6.20. The summed E-state index contributed by atoms with van der Waals surface area (Å²) in [6.45, 7) is 0. The number of nitrogens with one attached hydrogen (secondary N) is 1. The Labute approximate surface area is 160 Å². The second kappa shape index (κ2) is 6.88. The van der Waals surface area contributed by atoms with E-state index in [1.165, 1.54) is 0 Å². The fraction of sp³-hybridized carbons (Fsp3) is 0.250. The summed E-state index contributed by atoms with van der Waals surface area (Å²) in [6, 6.07) is 9.13. The normalized spacial score (nSPS) is 13.7. The second-order valence-electron chi connectivity index (χ2n) is 6.81. The quantitative estimate of drug-likeness (QED) is 0.547. The summed E-state index contributed by atoms with van der Waals surface area (Å²) in [5.74, 6) is 1.99. The maximum absolute atomic E-state index is 12.3. The van der Waals surface area contributed by atoms with E-state index in [4.69, 9.17) is 8.94 Å². The monoisotopic (exact) mass is 375 g/mol. The van der Waals surface area contributed by atoms with Gasteiger partial charge in [-0.25, -0.2) is 4.98 Å². The lowest BCUT2D eigenvalue weighted by atomic mass is 10.2. The van der Waals surface area contributed by atoms with Crippen LogP contribution in [0.25, 0.3) is 22.5 Å². The van der Waals surface area contributed by atoms with Crippen molar-refractivity contribution in [1.82, 2.24) is 20.1 Å². The number of carbonyl (C=O) groups excluding carboxylic acids is 1. The molecule has 4 aromatic rings. The topological polar surface area (TPSA) is 107 Å². The summed E-state index contributed by atoms with van der Waals surface area (Å²) in [5.41, 5.74) is 2.97. The maximum atomic E-state index is 12.3. The first-order valence-corrected chi connectivity index (χ1v) is 9.18. The minimum Gasteiger partial charge on any atom is -0.440 e. The zero-order valence-corrected chi connectivity index (χ0v) is 15.0. The molecule has 0 spiro atoms. The Kier molecular flexibility index (Phi) is 4.08. The summed E-state index contributed by atoms with van der Waals surface area (Å²) in [7, 11) is 0. The van der Waals surface area contributed by atoms with Crippen LogP contribution >= 0.6 is 0 Å². The lowest BCUT2D eigenvalue weighted by Gasteiger charge is -2.03. The van der Waals surface area contributed by atoms with E-state index in [1.807, 2.05) is 24.3 Å². The average Bonchev–Trinajstić information content (AvgIpc) is 3.31. The van der Waals surface area contributed by atoms with Crippen molar-refractivity contribution < 1.29 is 13.7 Å². The molecule has 3 aromatic heterocycles. The summed E-state index contributed by atoms with van der Waals surface area (Å²) in [5, 5.41) is 6.80. The van der Waals surface area contributed by atoms with E-state index in [0.717, 1.165) is 35.4 Å². The Bertz CT molecular complexity index is 1130. The number of anilines is 1. The molecule has 8 heteroatoms. The number of nitrogens with zero attached hydrogens (tertiary/aromatic N) is 4. The molecule has 1 fully saturated rings. The van der Waals surface area contributed by atoms with Crippen molar-refractivity contribution in [2.75, 3.05) is 5.32 Å². The second-order valence-corrected chi connectivity index (χ2v) is 6.81. The highest BCUT2D eigenvalue weighted by molar-refractivity contribution is 5.92. The summed E-state index contributed by atoms with van der Waals surface area (Å²) in [4.78, 5) is 25.1. The smallest absolute Gasteiger partial charge is 0.227 e. The third-order valence-electron chi connectivity index (χ3n) is 4.57. The Morgan fingerprint density at radius 2 is 2.14 bits per heavy atom. The van der Waals surface area contributed by atoms with Gasteiger partial charge in [0, 0.05) is 42.4 Å². The molecule has 1 aliphatic carbocycles. The van der Waals surface area contributed by atoms with Gasteiger partial charge in [-0.15, -0.1) is 0 Å². The van der Waals surface area contributed by atoms with E-state index in [9.17, 15) is 4.79 Å². The largest absolute Gasteiger partial charge is 0.440 e. The third kappa shape index (κ3) is 3.48. The number of hydrogen-bond acceptors (Lipinski definition) is 7. The van der Waals surface area contributed by atoms with Gasteiger partial charge in [-0.2, -0.15) is 4.98 Å². The number of pyridine rings is 1. The molecule has 1 amide bonds. The predicted octanol–water partition coefficient (Wildman–Crippen LogP) is 3.72. The van der Waals surface area contributed by atoms with Crippen molar-refractivity contribution in [3.63, 3.8) is 0 Å². The first-order chi connectivity index (χ1) is 13.7. The number of rotatable bonds is 6. The van der Waals surface area contributed by atoms with Gasteiger partial charge in [0.15, 0.2) is 11.5 Å². The minimum absolute atomic E-state index is 0.133. The molecule has 0 saturated heterocycles. The lowest BCUT2D eigenvalue weighted by molar-refractivity contribution is -0.116. The third-order valence-corrected chi connectivity index (χ3v) is 4.57. The zero-order chi connectivity index (χ0) is 18.9.